The van der Waals surface area contributed by atoms with Crippen molar-refractivity contribution in [2.24, 2.45) is 0 Å². The molecule has 4 aromatic rings. The lowest BCUT2D eigenvalue weighted by Crippen LogP contribution is -2.22. The second-order valence-corrected chi connectivity index (χ2v) is 7.69. The monoisotopic (exact) mass is 435 g/mol. The molecule has 162 valence electrons. The van der Waals surface area contributed by atoms with Gasteiger partial charge in [-0.3, -0.25) is 4.98 Å². The molecule has 0 bridgehead atoms. The molecule has 1 unspecified atom stereocenters. The van der Waals surface area contributed by atoms with Gasteiger partial charge in [-0.15, -0.1) is 0 Å². The van der Waals surface area contributed by atoms with Crippen LogP contribution in [0.1, 0.15) is 22.9 Å². The molecule has 1 aromatic carbocycles. The van der Waals surface area contributed by atoms with Crippen molar-refractivity contribution in [3.05, 3.63) is 84.1 Å². The van der Waals surface area contributed by atoms with Gasteiger partial charge >= 0.3 is 0 Å². The molecule has 8 nitrogen and oxygen atoms in total. The number of fused-ring (bicyclic) bond motifs is 1. The van der Waals surface area contributed by atoms with Gasteiger partial charge in [0, 0.05) is 41.1 Å². The van der Waals surface area contributed by atoms with E-state index in [0.29, 0.717) is 11.5 Å². The summed E-state index contributed by atoms with van der Waals surface area (Å²) in [5.41, 5.74) is 12.7. The molecule has 0 saturated heterocycles. The van der Waals surface area contributed by atoms with Crippen LogP contribution in [0.25, 0.3) is 28.5 Å². The first-order valence-electron chi connectivity index (χ1n) is 10.4. The molecular weight excluding hydrogens is 414 g/mol. The number of hydrogen-bond donors (Lipinski definition) is 3. The van der Waals surface area contributed by atoms with E-state index in [1.165, 1.54) is 0 Å². The molecule has 3 aromatic heterocycles. The van der Waals surface area contributed by atoms with Gasteiger partial charge < -0.3 is 21.2 Å². The van der Waals surface area contributed by atoms with E-state index in [-0.39, 0.29) is 5.95 Å². The van der Waals surface area contributed by atoms with Crippen molar-refractivity contribution >= 4 is 29.8 Å². The molecule has 33 heavy (non-hydrogen) atoms. The summed E-state index contributed by atoms with van der Waals surface area (Å²) < 4.78 is 0. The van der Waals surface area contributed by atoms with E-state index in [1.54, 1.807) is 24.8 Å². The molecule has 8 heteroatoms. The van der Waals surface area contributed by atoms with Crippen LogP contribution in [0, 0.1) is 6.92 Å². The van der Waals surface area contributed by atoms with Crippen molar-refractivity contribution in [1.29, 1.82) is 0 Å². The number of carbonyl (C=O) groups excluding carboxylic acids is 1. The maximum atomic E-state index is 11.8. The Kier molecular flexibility index (Phi) is 5.24. The fraction of sp³-hybridized carbons (Fsp3) is 0.0800. The predicted molar refractivity (Wildman–Crippen MR) is 128 cm³/mol. The van der Waals surface area contributed by atoms with Gasteiger partial charge in [0.2, 0.25) is 5.95 Å². The maximum Gasteiger partial charge on any atom is 0.219 e. The number of nitrogen functional groups attached to an aromatic ring is 1. The number of aromatic nitrogens is 4. The first-order valence-corrected chi connectivity index (χ1v) is 10.4. The zero-order valence-corrected chi connectivity index (χ0v) is 17.9. The van der Waals surface area contributed by atoms with E-state index in [0.717, 1.165) is 45.5 Å². The summed E-state index contributed by atoms with van der Waals surface area (Å²) in [6.07, 6.45) is 9.62. The molecule has 0 aliphatic carbocycles. The molecule has 1 atom stereocenters. The highest BCUT2D eigenvalue weighted by molar-refractivity contribution is 5.80. The third-order valence-corrected chi connectivity index (χ3v) is 5.42. The van der Waals surface area contributed by atoms with E-state index in [2.05, 4.69) is 25.6 Å². The van der Waals surface area contributed by atoms with Gasteiger partial charge in [-0.2, -0.15) is 0 Å². The average molecular weight is 435 g/mol. The van der Waals surface area contributed by atoms with Gasteiger partial charge in [0.15, 0.2) is 0 Å². The minimum atomic E-state index is -0.504. The Labute approximate surface area is 190 Å². The lowest BCUT2D eigenvalue weighted by atomic mass is 9.97. The molecule has 0 spiro atoms. The molecule has 1 aliphatic rings. The molecular formula is C25H21N7O. The zero-order chi connectivity index (χ0) is 22.8. The molecule has 0 fully saturated rings. The zero-order valence-electron chi connectivity index (χ0n) is 17.9. The lowest BCUT2D eigenvalue weighted by Gasteiger charge is -2.23. The number of rotatable bonds is 5. The Morgan fingerprint density at radius 2 is 1.79 bits per heavy atom. The van der Waals surface area contributed by atoms with Gasteiger partial charge in [-0.1, -0.05) is 12.1 Å². The third-order valence-electron chi connectivity index (χ3n) is 5.42. The molecule has 0 saturated carbocycles. The number of nitrogens with zero attached hydrogens (tertiary/aromatic N) is 4. The summed E-state index contributed by atoms with van der Waals surface area (Å²) in [5.74, 6) is 0.783. The van der Waals surface area contributed by atoms with Crippen LogP contribution in [0.2, 0.25) is 0 Å². The molecule has 1 aliphatic heterocycles. The number of aldehydes is 1. The van der Waals surface area contributed by atoms with Crippen LogP contribution in [0.3, 0.4) is 0 Å². The molecule has 5 rings (SSSR count). The van der Waals surface area contributed by atoms with Gasteiger partial charge in [0.25, 0.3) is 0 Å². The number of aryl methyl sites for hydroxylation is 1. The van der Waals surface area contributed by atoms with E-state index < -0.39 is 6.04 Å². The number of nitrogens with two attached hydrogens (primary N) is 1. The normalized spacial score (nSPS) is 14.3. The number of anilines is 3. The van der Waals surface area contributed by atoms with E-state index in [9.17, 15) is 4.79 Å². The topological polar surface area (TPSA) is 119 Å². The van der Waals surface area contributed by atoms with Crippen molar-refractivity contribution in [2.45, 2.75) is 13.0 Å². The predicted octanol–water partition coefficient (Wildman–Crippen LogP) is 4.05. The molecule has 4 heterocycles. The van der Waals surface area contributed by atoms with Gasteiger partial charge in [0.05, 0.1) is 5.69 Å². The molecule has 4 N–H and O–H groups in total. The van der Waals surface area contributed by atoms with Crippen LogP contribution in [0.4, 0.5) is 17.5 Å². The smallest absolute Gasteiger partial charge is 0.219 e. The fourth-order valence-electron chi connectivity index (χ4n) is 3.79. The number of nitrogens with one attached hydrogen (secondary N) is 2. The van der Waals surface area contributed by atoms with Gasteiger partial charge in [-0.05, 0) is 66.2 Å². The molecule has 0 amide bonds. The van der Waals surface area contributed by atoms with Gasteiger partial charge in [0.1, 0.15) is 18.1 Å². The van der Waals surface area contributed by atoms with Crippen LogP contribution < -0.4 is 16.4 Å². The van der Waals surface area contributed by atoms with Crippen molar-refractivity contribution in [3.63, 3.8) is 0 Å². The third kappa shape index (κ3) is 4.14. The highest BCUT2D eigenvalue weighted by Gasteiger charge is 2.23. The first-order chi connectivity index (χ1) is 16.1. The Morgan fingerprint density at radius 3 is 2.52 bits per heavy atom. The summed E-state index contributed by atoms with van der Waals surface area (Å²) in [6.45, 7) is 1.97. The van der Waals surface area contributed by atoms with Gasteiger partial charge in [-0.25, -0.2) is 15.0 Å². The van der Waals surface area contributed by atoms with Crippen LogP contribution >= 0.6 is 0 Å². The summed E-state index contributed by atoms with van der Waals surface area (Å²) in [4.78, 5) is 29.0. The van der Waals surface area contributed by atoms with Crippen molar-refractivity contribution in [2.75, 3.05) is 11.1 Å². The second kappa shape index (κ2) is 8.51. The number of carbonyl (C=O) groups is 1. The van der Waals surface area contributed by atoms with Crippen LogP contribution in [-0.2, 0) is 4.79 Å². The lowest BCUT2D eigenvalue weighted by molar-refractivity contribution is -0.109. The number of hydrogen-bond acceptors (Lipinski definition) is 8. The second-order valence-electron chi connectivity index (χ2n) is 7.69. The first kappa shape index (κ1) is 20.3. The van der Waals surface area contributed by atoms with Crippen LogP contribution in [0.15, 0.2) is 67.3 Å². The summed E-state index contributed by atoms with van der Waals surface area (Å²) >= 11 is 0. The SMILES string of the molecule is Cc1cc(-c2ccc(Nc3nc(-c4cnc(N)nc4)cc4c3C(C=O)NC=C4)cc2)ccn1. The Hall–Kier alpha value is -4.59. The van der Waals surface area contributed by atoms with E-state index in [1.807, 2.05) is 55.5 Å². The van der Waals surface area contributed by atoms with Crippen LogP contribution in [-0.4, -0.2) is 26.2 Å². The van der Waals surface area contributed by atoms with Crippen LogP contribution in [0.5, 0.6) is 0 Å². The quantitative estimate of drug-likeness (QED) is 0.402. The number of benzene rings is 1. The minimum Gasteiger partial charge on any atom is -0.378 e. The highest BCUT2D eigenvalue weighted by atomic mass is 16.1. The molecule has 0 radical (unpaired) electrons. The number of pyridine rings is 2. The van der Waals surface area contributed by atoms with E-state index in [4.69, 9.17) is 10.7 Å². The standard InChI is InChI=1S/C25H21N7O/c1-15-10-17(6-8-27-15)16-2-4-20(5-3-16)31-24-23-18(7-9-28-22(23)14-33)11-21(32-24)19-12-29-25(26)30-13-19/h2-14,22,28H,1H3,(H,31,32)(H2,26,29,30). The van der Waals surface area contributed by atoms with Crippen molar-refractivity contribution < 1.29 is 4.79 Å². The Bertz CT molecular complexity index is 1350. The summed E-state index contributed by atoms with van der Waals surface area (Å²) in [6, 6.07) is 13.5. The van der Waals surface area contributed by atoms with Crippen molar-refractivity contribution in [1.82, 2.24) is 25.3 Å². The maximum absolute atomic E-state index is 11.8. The summed E-state index contributed by atoms with van der Waals surface area (Å²) in [7, 11) is 0. The Morgan fingerprint density at radius 1 is 1.00 bits per heavy atom. The largest absolute Gasteiger partial charge is 0.378 e. The highest BCUT2D eigenvalue weighted by Crippen LogP contribution is 2.34. The fourth-order valence-corrected chi connectivity index (χ4v) is 3.79. The minimum absolute atomic E-state index is 0.199. The van der Waals surface area contributed by atoms with Crippen molar-refractivity contribution in [3.8, 4) is 22.4 Å². The van der Waals surface area contributed by atoms with E-state index >= 15 is 0 Å². The summed E-state index contributed by atoms with van der Waals surface area (Å²) in [5, 5.41) is 6.46. The Balaban J connectivity index is 1.53. The average Bonchev–Trinajstić information content (AvgIpc) is 2.84.